The summed E-state index contributed by atoms with van der Waals surface area (Å²) in [6, 6.07) is 9.27. The Morgan fingerprint density at radius 2 is 2.09 bits per heavy atom. The van der Waals surface area contributed by atoms with E-state index in [0.717, 1.165) is 30.3 Å². The highest BCUT2D eigenvalue weighted by atomic mass is 32.2. The van der Waals surface area contributed by atoms with Crippen molar-refractivity contribution in [2.75, 3.05) is 16.3 Å². The topological polar surface area (TPSA) is 138 Å². The quantitative estimate of drug-likeness (QED) is 0.443. The molecule has 1 aliphatic heterocycles. The van der Waals surface area contributed by atoms with Crippen molar-refractivity contribution >= 4 is 39.0 Å². The minimum atomic E-state index is -3.41. The summed E-state index contributed by atoms with van der Waals surface area (Å²) in [6.07, 6.45) is 5.70. The predicted molar refractivity (Wildman–Crippen MR) is 120 cm³/mol. The van der Waals surface area contributed by atoms with E-state index in [9.17, 15) is 18.3 Å². The Bertz CT molecular complexity index is 1360. The molecule has 2 aliphatic rings. The van der Waals surface area contributed by atoms with Gasteiger partial charge in [-0.3, -0.25) is 9.52 Å². The SMILES string of the molecule is CS(=O)(=O)Nc1cccc(-c2cc(NC3CC3)c3ncc(C=C4CC(=O)NC4O)n3n2)c1. The molecule has 1 saturated heterocycles. The Balaban J connectivity index is 1.61. The molecule has 1 atom stereocenters. The third-order valence-corrected chi connectivity index (χ3v) is 5.85. The zero-order valence-electron chi connectivity index (χ0n) is 17.2. The van der Waals surface area contributed by atoms with E-state index in [4.69, 9.17) is 5.10 Å². The summed E-state index contributed by atoms with van der Waals surface area (Å²) >= 11 is 0. The Morgan fingerprint density at radius 3 is 2.78 bits per heavy atom. The maximum absolute atomic E-state index is 11.6. The van der Waals surface area contributed by atoms with E-state index in [-0.39, 0.29) is 12.3 Å². The van der Waals surface area contributed by atoms with Crippen LogP contribution in [0.3, 0.4) is 0 Å². The molecule has 3 aromatic rings. The van der Waals surface area contributed by atoms with Crippen molar-refractivity contribution < 1.29 is 18.3 Å². The van der Waals surface area contributed by atoms with Crippen LogP contribution in [0.2, 0.25) is 0 Å². The normalized spacial score (nSPS) is 20.0. The monoisotopic (exact) mass is 454 g/mol. The zero-order chi connectivity index (χ0) is 22.5. The van der Waals surface area contributed by atoms with Crippen molar-refractivity contribution in [1.82, 2.24) is 19.9 Å². The number of aliphatic hydroxyl groups is 1. The fourth-order valence-corrected chi connectivity index (χ4v) is 4.19. The third-order valence-electron chi connectivity index (χ3n) is 5.24. The van der Waals surface area contributed by atoms with Crippen LogP contribution >= 0.6 is 0 Å². The van der Waals surface area contributed by atoms with Gasteiger partial charge in [0.2, 0.25) is 15.9 Å². The Labute approximate surface area is 184 Å². The molecular weight excluding hydrogens is 432 g/mol. The molecular formula is C21H22N6O4S. The van der Waals surface area contributed by atoms with E-state index >= 15 is 0 Å². The molecule has 10 nitrogen and oxygen atoms in total. The van der Waals surface area contributed by atoms with Crippen LogP contribution in [0.25, 0.3) is 23.0 Å². The number of anilines is 2. The molecule has 1 saturated carbocycles. The van der Waals surface area contributed by atoms with Crippen LogP contribution in [0.4, 0.5) is 11.4 Å². The highest BCUT2D eigenvalue weighted by Gasteiger charge is 2.26. The van der Waals surface area contributed by atoms with Gasteiger partial charge in [0.25, 0.3) is 0 Å². The number of hydrogen-bond donors (Lipinski definition) is 4. The average Bonchev–Trinajstić information content (AvgIpc) is 3.35. The van der Waals surface area contributed by atoms with Crippen LogP contribution in [0, 0.1) is 0 Å². The number of carbonyl (C=O) groups is 1. The highest BCUT2D eigenvalue weighted by Crippen LogP contribution is 2.31. The largest absolute Gasteiger partial charge is 0.379 e. The number of rotatable bonds is 6. The summed E-state index contributed by atoms with van der Waals surface area (Å²) in [5, 5.41) is 20.7. The number of sulfonamides is 1. The summed E-state index contributed by atoms with van der Waals surface area (Å²) in [7, 11) is -3.41. The van der Waals surface area contributed by atoms with Crippen molar-refractivity contribution in [3.8, 4) is 11.3 Å². The Morgan fingerprint density at radius 1 is 1.28 bits per heavy atom. The summed E-state index contributed by atoms with van der Waals surface area (Å²) in [6.45, 7) is 0. The van der Waals surface area contributed by atoms with Crippen LogP contribution < -0.4 is 15.4 Å². The number of amides is 1. The predicted octanol–water partition coefficient (Wildman–Crippen LogP) is 1.56. The number of imidazole rings is 1. The third kappa shape index (κ3) is 4.30. The molecule has 166 valence electrons. The highest BCUT2D eigenvalue weighted by molar-refractivity contribution is 7.92. The van der Waals surface area contributed by atoms with Crippen LogP contribution in [0.5, 0.6) is 0 Å². The van der Waals surface area contributed by atoms with Gasteiger partial charge in [-0.15, -0.1) is 0 Å². The number of hydrogen-bond acceptors (Lipinski definition) is 7. The molecule has 0 bridgehead atoms. The number of aromatic nitrogens is 3. The fourth-order valence-electron chi connectivity index (χ4n) is 3.63. The van der Waals surface area contributed by atoms with Crippen molar-refractivity contribution in [3.05, 3.63) is 47.8 Å². The first-order valence-corrected chi connectivity index (χ1v) is 12.1. The van der Waals surface area contributed by atoms with Gasteiger partial charge in [-0.1, -0.05) is 12.1 Å². The van der Waals surface area contributed by atoms with Crippen molar-refractivity contribution in [3.63, 3.8) is 0 Å². The van der Waals surface area contributed by atoms with Crippen LogP contribution in [-0.2, 0) is 14.8 Å². The lowest BCUT2D eigenvalue weighted by molar-refractivity contribution is -0.120. The lowest BCUT2D eigenvalue weighted by atomic mass is 10.1. The van der Waals surface area contributed by atoms with Crippen LogP contribution in [0.15, 0.2) is 42.1 Å². The number of benzene rings is 1. The van der Waals surface area contributed by atoms with Crippen LogP contribution in [0.1, 0.15) is 25.0 Å². The second-order valence-corrected chi connectivity index (χ2v) is 9.85. The molecule has 2 aromatic heterocycles. The lowest BCUT2D eigenvalue weighted by Crippen LogP contribution is -2.25. The van der Waals surface area contributed by atoms with Crippen LogP contribution in [-0.4, -0.2) is 52.6 Å². The molecule has 1 aliphatic carbocycles. The Hall–Kier alpha value is -3.44. The smallest absolute Gasteiger partial charge is 0.229 e. The zero-order valence-corrected chi connectivity index (χ0v) is 18.1. The van der Waals surface area contributed by atoms with E-state index < -0.39 is 16.3 Å². The summed E-state index contributed by atoms with van der Waals surface area (Å²) < 4.78 is 27.4. The van der Waals surface area contributed by atoms with Gasteiger partial charge < -0.3 is 15.7 Å². The number of fused-ring (bicyclic) bond motifs is 1. The molecule has 11 heteroatoms. The molecule has 0 spiro atoms. The molecule has 1 amide bonds. The molecule has 5 rings (SSSR count). The molecule has 4 N–H and O–H groups in total. The van der Waals surface area contributed by atoms with E-state index in [2.05, 4.69) is 20.3 Å². The van der Waals surface area contributed by atoms with E-state index in [1.54, 1.807) is 35.0 Å². The maximum atomic E-state index is 11.6. The second kappa shape index (κ2) is 7.61. The maximum Gasteiger partial charge on any atom is 0.229 e. The average molecular weight is 455 g/mol. The number of carbonyl (C=O) groups excluding carboxylic acids is 1. The van der Waals surface area contributed by atoms with Gasteiger partial charge in [0.1, 0.15) is 6.23 Å². The minimum Gasteiger partial charge on any atom is -0.379 e. The van der Waals surface area contributed by atoms with Gasteiger partial charge >= 0.3 is 0 Å². The summed E-state index contributed by atoms with van der Waals surface area (Å²) in [4.78, 5) is 16.1. The van der Waals surface area contributed by atoms with Gasteiger partial charge in [-0.2, -0.15) is 5.10 Å². The fraction of sp³-hybridized carbons (Fsp3) is 0.286. The molecule has 0 radical (unpaired) electrons. The number of nitrogens with zero attached hydrogens (tertiary/aromatic N) is 3. The van der Waals surface area contributed by atoms with Gasteiger partial charge in [0.05, 0.1) is 35.9 Å². The first kappa shape index (κ1) is 20.5. The standard InChI is InChI=1S/C21H22N6O4S/c1-32(30,31)26-15-4-2-3-12(7-15)17-10-18(23-14-5-6-14)20-22-11-16(27(20)25-17)8-13-9-19(28)24-21(13)29/h2-4,7-8,10-11,14,21,23,26,29H,5-6,9H2,1H3,(H,24,28). The van der Waals surface area contributed by atoms with E-state index in [1.807, 2.05) is 12.1 Å². The lowest BCUT2D eigenvalue weighted by Gasteiger charge is -2.11. The van der Waals surface area contributed by atoms with Crippen molar-refractivity contribution in [1.29, 1.82) is 0 Å². The van der Waals surface area contributed by atoms with Gasteiger partial charge in [0.15, 0.2) is 5.65 Å². The Kier molecular flexibility index (Phi) is 4.86. The van der Waals surface area contributed by atoms with Gasteiger partial charge in [0, 0.05) is 17.3 Å². The summed E-state index contributed by atoms with van der Waals surface area (Å²) in [5.74, 6) is -0.238. The summed E-state index contributed by atoms with van der Waals surface area (Å²) in [5.41, 5.74) is 4.39. The van der Waals surface area contributed by atoms with Crippen molar-refractivity contribution in [2.45, 2.75) is 31.5 Å². The second-order valence-electron chi connectivity index (χ2n) is 8.10. The number of aliphatic hydroxyl groups excluding tert-OH is 1. The first-order valence-electron chi connectivity index (χ1n) is 10.2. The first-order chi connectivity index (χ1) is 15.2. The van der Waals surface area contributed by atoms with E-state index in [0.29, 0.717) is 34.3 Å². The molecule has 1 unspecified atom stereocenters. The van der Waals surface area contributed by atoms with Gasteiger partial charge in [-0.25, -0.2) is 17.9 Å². The molecule has 2 fully saturated rings. The van der Waals surface area contributed by atoms with Gasteiger partial charge in [-0.05, 0) is 42.7 Å². The number of nitrogens with one attached hydrogen (secondary N) is 3. The van der Waals surface area contributed by atoms with Crippen molar-refractivity contribution in [2.24, 2.45) is 0 Å². The molecule has 32 heavy (non-hydrogen) atoms. The minimum absolute atomic E-state index is 0.112. The molecule has 1 aromatic carbocycles. The molecule has 3 heterocycles. The van der Waals surface area contributed by atoms with E-state index in [1.165, 1.54) is 0 Å².